The van der Waals surface area contributed by atoms with Gasteiger partial charge in [-0.3, -0.25) is 14.5 Å². The van der Waals surface area contributed by atoms with Crippen molar-refractivity contribution in [1.29, 1.82) is 0 Å². The zero-order valence-corrected chi connectivity index (χ0v) is 14.2. The molecule has 2 atom stereocenters. The van der Waals surface area contributed by atoms with Crippen molar-refractivity contribution < 1.29 is 27.9 Å². The Bertz CT molecular complexity index is 687. The second-order valence-electron chi connectivity index (χ2n) is 6.99. The lowest BCUT2D eigenvalue weighted by molar-refractivity contribution is -0.187. The summed E-state index contributed by atoms with van der Waals surface area (Å²) in [7, 11) is 0. The smallest absolute Gasteiger partial charge is 0.394 e. The number of hydrogen-bond donors (Lipinski definition) is 1. The standard InChI is InChI=1S/C18H21F3N2O3/c19-18(20,21)15-11-23(10-14(15)17(25)26)16(24)13-5-3-4-12(8-13)9-22-6-1-2-7-22/h3-5,8,14-15H,1-2,6-7,9-11H2,(H,25,26)/t14-,15-/m1/s1. The first-order chi connectivity index (χ1) is 12.3. The Hall–Kier alpha value is -2.09. The molecule has 0 aliphatic carbocycles. The van der Waals surface area contributed by atoms with Crippen LogP contribution in [0.5, 0.6) is 0 Å². The summed E-state index contributed by atoms with van der Waals surface area (Å²) in [6.07, 6.45) is -2.36. The number of alkyl halides is 3. The van der Waals surface area contributed by atoms with Crippen LogP contribution in [0, 0.1) is 11.8 Å². The highest BCUT2D eigenvalue weighted by atomic mass is 19.4. The summed E-state index contributed by atoms with van der Waals surface area (Å²) in [4.78, 5) is 27.1. The lowest BCUT2D eigenvalue weighted by atomic mass is 9.96. The minimum Gasteiger partial charge on any atom is -0.481 e. The van der Waals surface area contributed by atoms with Gasteiger partial charge in [0, 0.05) is 25.2 Å². The molecule has 0 aromatic heterocycles. The number of aliphatic carboxylic acids is 1. The highest BCUT2D eigenvalue weighted by Gasteiger charge is 2.53. The van der Waals surface area contributed by atoms with Gasteiger partial charge in [-0.2, -0.15) is 13.2 Å². The van der Waals surface area contributed by atoms with E-state index in [0.29, 0.717) is 12.1 Å². The zero-order chi connectivity index (χ0) is 18.9. The lowest BCUT2D eigenvalue weighted by Crippen LogP contribution is -2.34. The molecule has 2 heterocycles. The average Bonchev–Trinajstić information content (AvgIpc) is 3.23. The van der Waals surface area contributed by atoms with Crippen LogP contribution in [0.1, 0.15) is 28.8 Å². The number of carboxylic acids is 1. The fraction of sp³-hybridized carbons (Fsp3) is 0.556. The highest BCUT2D eigenvalue weighted by molar-refractivity contribution is 5.95. The molecule has 1 aromatic carbocycles. The number of likely N-dealkylation sites (tertiary alicyclic amines) is 2. The maximum Gasteiger partial charge on any atom is 0.394 e. The topological polar surface area (TPSA) is 60.9 Å². The van der Waals surface area contributed by atoms with E-state index in [1.165, 1.54) is 0 Å². The second kappa shape index (κ2) is 7.26. The molecule has 0 unspecified atom stereocenters. The Balaban J connectivity index is 1.73. The minimum atomic E-state index is -4.64. The van der Waals surface area contributed by atoms with E-state index in [9.17, 15) is 22.8 Å². The van der Waals surface area contributed by atoms with E-state index in [-0.39, 0.29) is 0 Å². The molecule has 1 aromatic rings. The number of carboxylic acid groups (broad SMARTS) is 1. The van der Waals surface area contributed by atoms with Gasteiger partial charge in [0.2, 0.25) is 0 Å². The van der Waals surface area contributed by atoms with E-state index >= 15 is 0 Å². The maximum absolute atomic E-state index is 13.1. The second-order valence-corrected chi connectivity index (χ2v) is 6.99. The van der Waals surface area contributed by atoms with Crippen molar-refractivity contribution in [3.05, 3.63) is 35.4 Å². The van der Waals surface area contributed by atoms with Crippen LogP contribution in [0.15, 0.2) is 24.3 Å². The van der Waals surface area contributed by atoms with Crippen LogP contribution in [-0.4, -0.2) is 59.1 Å². The van der Waals surface area contributed by atoms with E-state index in [4.69, 9.17) is 5.11 Å². The summed E-state index contributed by atoms with van der Waals surface area (Å²) in [6.45, 7) is 1.66. The van der Waals surface area contributed by atoms with Crippen molar-refractivity contribution in [1.82, 2.24) is 9.80 Å². The van der Waals surface area contributed by atoms with Gasteiger partial charge in [-0.05, 0) is 43.6 Å². The van der Waals surface area contributed by atoms with E-state index in [2.05, 4.69) is 4.90 Å². The van der Waals surface area contributed by atoms with Crippen molar-refractivity contribution in [2.24, 2.45) is 11.8 Å². The van der Waals surface area contributed by atoms with Gasteiger partial charge < -0.3 is 10.0 Å². The monoisotopic (exact) mass is 370 g/mol. The molecule has 1 amide bonds. The van der Waals surface area contributed by atoms with Gasteiger partial charge >= 0.3 is 12.1 Å². The van der Waals surface area contributed by atoms with Crippen LogP contribution in [0.2, 0.25) is 0 Å². The van der Waals surface area contributed by atoms with Crippen LogP contribution in [0.25, 0.3) is 0 Å². The third-order valence-electron chi connectivity index (χ3n) is 5.12. The number of carbonyl (C=O) groups is 2. The van der Waals surface area contributed by atoms with Crippen LogP contribution in [0.4, 0.5) is 13.2 Å². The molecule has 5 nitrogen and oxygen atoms in total. The number of rotatable bonds is 4. The van der Waals surface area contributed by atoms with Crippen molar-refractivity contribution in [3.63, 3.8) is 0 Å². The largest absolute Gasteiger partial charge is 0.481 e. The van der Waals surface area contributed by atoms with Gasteiger partial charge in [0.25, 0.3) is 5.91 Å². The van der Waals surface area contributed by atoms with Gasteiger partial charge in [-0.1, -0.05) is 12.1 Å². The molecule has 2 fully saturated rings. The van der Waals surface area contributed by atoms with E-state index < -0.39 is 43.0 Å². The molecule has 0 radical (unpaired) electrons. The summed E-state index contributed by atoms with van der Waals surface area (Å²) in [5.74, 6) is -5.72. The molecule has 1 N–H and O–H groups in total. The Morgan fingerprint density at radius 1 is 1.15 bits per heavy atom. The highest BCUT2D eigenvalue weighted by Crippen LogP contribution is 2.38. The Morgan fingerprint density at radius 3 is 2.42 bits per heavy atom. The third-order valence-corrected chi connectivity index (χ3v) is 5.12. The predicted molar refractivity (Wildman–Crippen MR) is 87.5 cm³/mol. The number of amides is 1. The van der Waals surface area contributed by atoms with Crippen molar-refractivity contribution in [2.45, 2.75) is 25.6 Å². The Morgan fingerprint density at radius 2 is 1.85 bits per heavy atom. The molecule has 0 saturated carbocycles. The van der Waals surface area contributed by atoms with E-state index in [0.717, 1.165) is 36.4 Å². The molecule has 8 heteroatoms. The molecular weight excluding hydrogens is 349 g/mol. The Kier molecular flexibility index (Phi) is 5.22. The summed E-state index contributed by atoms with van der Waals surface area (Å²) in [6, 6.07) is 6.85. The molecule has 2 saturated heterocycles. The molecule has 2 aliphatic rings. The summed E-state index contributed by atoms with van der Waals surface area (Å²) in [5.41, 5.74) is 1.23. The maximum atomic E-state index is 13.1. The molecule has 2 aliphatic heterocycles. The van der Waals surface area contributed by atoms with Crippen LogP contribution in [-0.2, 0) is 11.3 Å². The zero-order valence-electron chi connectivity index (χ0n) is 14.2. The van der Waals surface area contributed by atoms with Crippen LogP contribution < -0.4 is 0 Å². The summed E-state index contributed by atoms with van der Waals surface area (Å²) >= 11 is 0. The van der Waals surface area contributed by atoms with Gasteiger partial charge in [-0.25, -0.2) is 0 Å². The van der Waals surface area contributed by atoms with Gasteiger partial charge in [0.15, 0.2) is 0 Å². The molecule has 3 rings (SSSR count). The number of carbonyl (C=O) groups excluding carboxylic acids is 1. The SMILES string of the molecule is O=C(O)[C@@H]1CN(C(=O)c2cccc(CN3CCCC3)c2)C[C@H]1C(F)(F)F. The summed E-state index contributed by atoms with van der Waals surface area (Å²) in [5, 5.41) is 9.08. The number of benzene rings is 1. The predicted octanol–water partition coefficient (Wildman–Crippen LogP) is 2.62. The van der Waals surface area contributed by atoms with Gasteiger partial charge in [-0.15, -0.1) is 0 Å². The minimum absolute atomic E-state index is 0.300. The molecule has 0 spiro atoms. The third kappa shape index (κ3) is 4.00. The Labute approximate surface area is 149 Å². The summed E-state index contributed by atoms with van der Waals surface area (Å²) < 4.78 is 39.3. The van der Waals surface area contributed by atoms with Gasteiger partial charge in [0.05, 0.1) is 11.8 Å². The molecular formula is C18H21F3N2O3. The number of hydrogen-bond acceptors (Lipinski definition) is 3. The van der Waals surface area contributed by atoms with Gasteiger partial charge in [0.1, 0.15) is 0 Å². The quantitative estimate of drug-likeness (QED) is 0.885. The molecule has 26 heavy (non-hydrogen) atoms. The first-order valence-electron chi connectivity index (χ1n) is 8.66. The molecule has 0 bridgehead atoms. The van der Waals surface area contributed by atoms with E-state index in [1.807, 2.05) is 6.07 Å². The fourth-order valence-corrected chi connectivity index (χ4v) is 3.74. The van der Waals surface area contributed by atoms with E-state index in [1.54, 1.807) is 18.2 Å². The van der Waals surface area contributed by atoms with Crippen molar-refractivity contribution >= 4 is 11.9 Å². The lowest BCUT2D eigenvalue weighted by Gasteiger charge is -2.19. The fourth-order valence-electron chi connectivity index (χ4n) is 3.74. The molecule has 142 valence electrons. The van der Waals surface area contributed by atoms with Crippen molar-refractivity contribution in [2.75, 3.05) is 26.2 Å². The van der Waals surface area contributed by atoms with Crippen LogP contribution >= 0.6 is 0 Å². The first kappa shape index (κ1) is 18.7. The average molecular weight is 370 g/mol. The first-order valence-corrected chi connectivity index (χ1v) is 8.66. The normalized spacial score (nSPS) is 24.2. The van der Waals surface area contributed by atoms with Crippen LogP contribution in [0.3, 0.4) is 0 Å². The number of nitrogens with zero attached hydrogens (tertiary/aromatic N) is 2. The number of halogens is 3. The van der Waals surface area contributed by atoms with Crippen molar-refractivity contribution in [3.8, 4) is 0 Å².